The zero-order valence-electron chi connectivity index (χ0n) is 16.9. The second kappa shape index (κ2) is 8.15. The van der Waals surface area contributed by atoms with Crippen LogP contribution < -0.4 is 0 Å². The van der Waals surface area contributed by atoms with Gasteiger partial charge in [0, 0.05) is 24.2 Å². The third kappa shape index (κ3) is 4.03. The first-order chi connectivity index (χ1) is 14.3. The number of rotatable bonds is 5. The van der Waals surface area contributed by atoms with Gasteiger partial charge in [-0.05, 0) is 74.8 Å². The Labute approximate surface area is 173 Å². The van der Waals surface area contributed by atoms with Crippen molar-refractivity contribution in [2.45, 2.75) is 57.3 Å². The summed E-state index contributed by atoms with van der Waals surface area (Å²) in [5.74, 6) is 0.00459. The monoisotopic (exact) mass is 421 g/mol. The van der Waals surface area contributed by atoms with Gasteiger partial charge in [-0.1, -0.05) is 0 Å². The van der Waals surface area contributed by atoms with Crippen molar-refractivity contribution in [2.75, 3.05) is 13.2 Å². The van der Waals surface area contributed by atoms with Gasteiger partial charge in [-0.25, -0.2) is 0 Å². The van der Waals surface area contributed by atoms with Crippen molar-refractivity contribution in [3.8, 4) is 17.0 Å². The van der Waals surface area contributed by atoms with E-state index in [-0.39, 0.29) is 12.2 Å². The topological polar surface area (TPSA) is 69.5 Å². The number of fused-ring (bicyclic) bond motifs is 2. The van der Waals surface area contributed by atoms with E-state index in [4.69, 9.17) is 0 Å². The van der Waals surface area contributed by atoms with Crippen molar-refractivity contribution in [1.82, 2.24) is 15.1 Å². The van der Waals surface area contributed by atoms with Crippen LogP contribution in [0.1, 0.15) is 42.5 Å². The maximum absolute atomic E-state index is 12.9. The molecule has 3 atom stereocenters. The molecule has 4 rings (SSSR count). The minimum atomic E-state index is -4.51. The van der Waals surface area contributed by atoms with Crippen molar-refractivity contribution in [2.24, 2.45) is 5.92 Å². The first-order valence-electron chi connectivity index (χ1n) is 10.4. The van der Waals surface area contributed by atoms with Gasteiger partial charge in [0.1, 0.15) is 5.75 Å². The van der Waals surface area contributed by atoms with E-state index in [1.807, 2.05) is 6.07 Å². The van der Waals surface area contributed by atoms with Crippen molar-refractivity contribution in [3.63, 3.8) is 0 Å². The summed E-state index contributed by atoms with van der Waals surface area (Å²) in [5, 5.41) is 28.0. The number of hydrogen-bond acceptors (Lipinski definition) is 5. The van der Waals surface area contributed by atoms with Gasteiger partial charge in [-0.2, -0.15) is 23.4 Å². The first-order valence-corrected chi connectivity index (χ1v) is 10.4. The number of piperidine rings is 1. The van der Waals surface area contributed by atoms with E-state index < -0.39 is 17.5 Å². The Balaban J connectivity index is 1.51. The molecule has 0 spiro atoms. The summed E-state index contributed by atoms with van der Waals surface area (Å²) in [4.78, 5) is 2.43. The zero-order chi connectivity index (χ0) is 21.5. The van der Waals surface area contributed by atoms with Crippen LogP contribution >= 0.6 is 0 Å². The number of phenols is 1. The van der Waals surface area contributed by atoms with Gasteiger partial charge in [-0.3, -0.25) is 4.90 Å². The lowest BCUT2D eigenvalue weighted by Gasteiger charge is -2.39. The van der Waals surface area contributed by atoms with Gasteiger partial charge in [0.05, 0.1) is 23.6 Å². The fourth-order valence-electron chi connectivity index (χ4n) is 5.22. The predicted molar refractivity (Wildman–Crippen MR) is 106 cm³/mol. The average molecular weight is 421 g/mol. The molecular formula is C22H26F3N3O2. The largest absolute Gasteiger partial charge is 0.507 e. The number of aliphatic hydroxyl groups is 1. The molecule has 3 unspecified atom stereocenters. The number of nitrogens with zero attached hydrogens (tertiary/aromatic N) is 3. The van der Waals surface area contributed by atoms with Crippen LogP contribution in [-0.4, -0.2) is 50.5 Å². The Bertz CT molecular complexity index is 878. The molecular weight excluding hydrogens is 395 g/mol. The van der Waals surface area contributed by atoms with Crippen LogP contribution in [0.3, 0.4) is 0 Å². The molecule has 8 heteroatoms. The SMILES string of the molecule is Cc1cc(C(F)(F)F)cc(O)c1-c1ccc(CC2CCC3CCC2N3CCO)nn1. The number of alkyl halides is 3. The highest BCUT2D eigenvalue weighted by atomic mass is 19.4. The average Bonchev–Trinajstić information content (AvgIpc) is 2.96. The summed E-state index contributed by atoms with van der Waals surface area (Å²) < 4.78 is 38.8. The maximum Gasteiger partial charge on any atom is 0.416 e. The van der Waals surface area contributed by atoms with Crippen LogP contribution in [-0.2, 0) is 12.6 Å². The normalized spacial score (nSPS) is 24.4. The van der Waals surface area contributed by atoms with Crippen molar-refractivity contribution in [3.05, 3.63) is 41.1 Å². The Morgan fingerprint density at radius 3 is 2.50 bits per heavy atom. The lowest BCUT2D eigenvalue weighted by atomic mass is 9.86. The Morgan fingerprint density at radius 1 is 1.10 bits per heavy atom. The number of phenolic OH excluding ortho intramolecular Hbond substituents is 1. The molecule has 1 aromatic heterocycles. The molecule has 2 N–H and O–H groups in total. The summed E-state index contributed by atoms with van der Waals surface area (Å²) in [6, 6.07) is 6.33. The number of aromatic hydroxyl groups is 1. The lowest BCUT2D eigenvalue weighted by molar-refractivity contribution is -0.137. The van der Waals surface area contributed by atoms with Crippen LogP contribution in [0.5, 0.6) is 5.75 Å². The minimum absolute atomic E-state index is 0.171. The van der Waals surface area contributed by atoms with Crippen molar-refractivity contribution < 1.29 is 23.4 Å². The molecule has 2 aliphatic rings. The molecule has 2 fully saturated rings. The van der Waals surface area contributed by atoms with E-state index in [0.717, 1.165) is 43.5 Å². The first kappa shape index (κ1) is 21.1. The second-order valence-corrected chi connectivity index (χ2v) is 8.40. The fraction of sp³-hybridized carbons (Fsp3) is 0.545. The molecule has 30 heavy (non-hydrogen) atoms. The number of aryl methyl sites for hydroxylation is 1. The smallest absolute Gasteiger partial charge is 0.416 e. The molecule has 0 aliphatic carbocycles. The number of benzene rings is 1. The van der Waals surface area contributed by atoms with Crippen molar-refractivity contribution >= 4 is 0 Å². The lowest BCUT2D eigenvalue weighted by Crippen LogP contribution is -2.46. The Hall–Kier alpha value is -2.19. The van der Waals surface area contributed by atoms with Crippen LogP contribution in [0.15, 0.2) is 24.3 Å². The van der Waals surface area contributed by atoms with E-state index in [1.165, 1.54) is 13.3 Å². The predicted octanol–water partition coefficient (Wildman–Crippen LogP) is 3.95. The highest BCUT2D eigenvalue weighted by molar-refractivity contribution is 5.71. The van der Waals surface area contributed by atoms with Gasteiger partial charge in [0.15, 0.2) is 0 Å². The van der Waals surface area contributed by atoms with Gasteiger partial charge in [0.25, 0.3) is 0 Å². The van der Waals surface area contributed by atoms with Crippen LogP contribution in [0.2, 0.25) is 0 Å². The minimum Gasteiger partial charge on any atom is -0.507 e. The quantitative estimate of drug-likeness (QED) is 0.765. The summed E-state index contributed by atoms with van der Waals surface area (Å²) in [5.41, 5.74) is 0.877. The van der Waals surface area contributed by atoms with Gasteiger partial charge >= 0.3 is 6.18 Å². The van der Waals surface area contributed by atoms with E-state index in [2.05, 4.69) is 15.1 Å². The molecule has 162 valence electrons. The van der Waals surface area contributed by atoms with Crippen LogP contribution in [0.4, 0.5) is 13.2 Å². The molecule has 2 bridgehead atoms. The molecule has 3 heterocycles. The fourth-order valence-corrected chi connectivity index (χ4v) is 5.22. The maximum atomic E-state index is 12.9. The summed E-state index contributed by atoms with van der Waals surface area (Å²) in [6.45, 7) is 2.40. The highest BCUT2D eigenvalue weighted by Crippen LogP contribution is 2.41. The number of halogens is 3. The summed E-state index contributed by atoms with van der Waals surface area (Å²) >= 11 is 0. The van der Waals surface area contributed by atoms with E-state index in [9.17, 15) is 23.4 Å². The second-order valence-electron chi connectivity index (χ2n) is 8.40. The molecule has 0 radical (unpaired) electrons. The van der Waals surface area contributed by atoms with E-state index >= 15 is 0 Å². The molecule has 2 saturated heterocycles. The number of aromatic nitrogens is 2. The zero-order valence-corrected chi connectivity index (χ0v) is 16.9. The van der Waals surface area contributed by atoms with Gasteiger partial charge in [0.2, 0.25) is 0 Å². The number of aliphatic hydroxyl groups excluding tert-OH is 1. The Morgan fingerprint density at radius 2 is 1.87 bits per heavy atom. The Kier molecular flexibility index (Phi) is 5.72. The van der Waals surface area contributed by atoms with E-state index in [1.54, 1.807) is 6.07 Å². The number of hydrogen-bond donors (Lipinski definition) is 2. The molecule has 0 saturated carbocycles. The van der Waals surface area contributed by atoms with E-state index in [0.29, 0.717) is 35.8 Å². The standard InChI is InChI=1S/C22H26F3N3O2/c1-13-10-15(22(23,24)25)12-20(30)21(13)18-6-3-16(26-27-18)11-14-2-4-17-5-7-19(14)28(17)8-9-29/h3,6,10,12,14,17,19,29-30H,2,4-5,7-9,11H2,1H3. The van der Waals surface area contributed by atoms with Gasteiger partial charge < -0.3 is 10.2 Å². The molecule has 1 aromatic carbocycles. The third-order valence-corrected chi connectivity index (χ3v) is 6.55. The molecule has 2 aliphatic heterocycles. The van der Waals surface area contributed by atoms with Crippen molar-refractivity contribution in [1.29, 1.82) is 0 Å². The molecule has 0 amide bonds. The van der Waals surface area contributed by atoms with Crippen LogP contribution in [0.25, 0.3) is 11.3 Å². The highest BCUT2D eigenvalue weighted by Gasteiger charge is 2.41. The summed E-state index contributed by atoms with van der Waals surface area (Å²) in [7, 11) is 0. The summed E-state index contributed by atoms with van der Waals surface area (Å²) in [6.07, 6.45) is 0.840. The molecule has 5 nitrogen and oxygen atoms in total. The molecule has 2 aromatic rings. The van der Waals surface area contributed by atoms with Gasteiger partial charge in [-0.15, -0.1) is 0 Å². The van der Waals surface area contributed by atoms with Crippen LogP contribution in [0, 0.1) is 12.8 Å². The third-order valence-electron chi connectivity index (χ3n) is 6.55.